The summed E-state index contributed by atoms with van der Waals surface area (Å²) in [7, 11) is 3.74. The Hall–Kier alpha value is -6.81. The lowest BCUT2D eigenvalue weighted by Crippen LogP contribution is -2.61. The summed E-state index contributed by atoms with van der Waals surface area (Å²) in [5.74, 6) is -12.7. The molecular weight excluding hydrogens is 1300 g/mol. The number of aromatic amines is 1. The molecule has 6 heterocycles. The minimum absolute atomic E-state index is 0.0839. The molecular formula is C61H90N14O15S4. The zero-order chi connectivity index (χ0) is 68.2. The average molecular weight is 1390 g/mol. The van der Waals surface area contributed by atoms with Crippen LogP contribution in [-0.4, -0.2) is 235 Å². The minimum Gasteiger partial charge on any atom is -0.480 e. The maximum Gasteiger partial charge on any atom is 0.327 e. The van der Waals surface area contributed by atoms with Crippen LogP contribution < -0.4 is 53.6 Å². The molecule has 0 radical (unpaired) electrons. The molecule has 1 aromatic heterocycles. The van der Waals surface area contributed by atoms with E-state index < -0.39 is 168 Å². The summed E-state index contributed by atoms with van der Waals surface area (Å²) < 4.78 is 0. The standard InChI is InChI=1S/C61H90N14O15S4/c1-5-8-16-37-58(86)73-22-12-19-45(73)56(84)71-44(61(89)90)32-94-93-30-42-53(81)68-40(28-76)51(79)66-38(17-9-6-2)59(87)75-24-14-21-47(75)60(88)74-23-13-20-46(74)55(83)70-43(31-92-91-29-41(52(80)69-42)64-48(77)26-62)54(82)72-49(33(4)7-3)57(85)67-39(50(78)65-37)25-34-27-63-36-18-11-10-15-35(34)36/h10-11,15,18,27,33,37-47,49,63,76H,5-9,12-14,16-17,19-26,28-32,62H2,1-4H3,(H,64,77)(H,65,78)(H,66,79)(H,67,85)(H,68,81)(H,69,80)(H,70,83)(H,71,84)(H,72,82)(H,89,90)/t33-,37+,38+,39+,40+,41+,42+,43+,44+,45+,46+,47+,49+/m1/s1. The molecule has 518 valence electrons. The normalized spacial score (nSPS) is 28.7. The van der Waals surface area contributed by atoms with Gasteiger partial charge in [-0.15, -0.1) is 0 Å². The molecule has 14 N–H and O–H groups in total. The van der Waals surface area contributed by atoms with Crippen LogP contribution in [0.1, 0.15) is 117 Å². The zero-order valence-corrected chi connectivity index (χ0v) is 56.7. The molecule has 29 nitrogen and oxygen atoms in total. The van der Waals surface area contributed by atoms with Crippen molar-refractivity contribution in [3.8, 4) is 0 Å². The van der Waals surface area contributed by atoms with Crippen LogP contribution in [0.3, 0.4) is 0 Å². The van der Waals surface area contributed by atoms with E-state index in [1.807, 2.05) is 38.1 Å². The van der Waals surface area contributed by atoms with Gasteiger partial charge in [-0.25, -0.2) is 4.79 Å². The van der Waals surface area contributed by atoms with Crippen LogP contribution in [0.5, 0.6) is 0 Å². The second-order valence-electron chi connectivity index (χ2n) is 24.2. The highest BCUT2D eigenvalue weighted by molar-refractivity contribution is 8.77. The molecule has 5 saturated heterocycles. The number of H-pyrrole nitrogens is 1. The molecule has 12 amide bonds. The number of aliphatic hydroxyl groups is 1. The maximum absolute atomic E-state index is 15.1. The Labute approximate surface area is 561 Å². The molecule has 0 saturated carbocycles. The Balaban J connectivity index is 1.32. The number of carbonyl (C=O) groups is 13. The zero-order valence-electron chi connectivity index (χ0n) is 53.4. The predicted octanol–water partition coefficient (Wildman–Crippen LogP) is -0.701. The number of amides is 12. The molecule has 13 atom stereocenters. The van der Waals surface area contributed by atoms with Crippen molar-refractivity contribution in [2.45, 2.75) is 190 Å². The summed E-state index contributed by atoms with van der Waals surface area (Å²) in [6, 6.07) is -9.08. The molecule has 0 unspecified atom stereocenters. The number of benzene rings is 1. The van der Waals surface area contributed by atoms with Gasteiger partial charge >= 0.3 is 5.97 Å². The Kier molecular flexibility index (Phi) is 28.8. The van der Waals surface area contributed by atoms with Gasteiger partial charge in [0, 0.05) is 66.2 Å². The number of hydrogen-bond acceptors (Lipinski definition) is 19. The van der Waals surface area contributed by atoms with Crippen LogP contribution in [-0.2, 0) is 68.7 Å². The fourth-order valence-electron chi connectivity index (χ4n) is 12.0. The number of aliphatic hydroxyl groups excluding tert-OH is 1. The molecule has 5 aliphatic rings. The molecule has 0 aliphatic carbocycles. The summed E-state index contributed by atoms with van der Waals surface area (Å²) in [4.78, 5) is 195. The van der Waals surface area contributed by atoms with Crippen LogP contribution in [0.25, 0.3) is 10.9 Å². The number of aliphatic carboxylic acids is 1. The second-order valence-corrected chi connectivity index (χ2v) is 29.3. The van der Waals surface area contributed by atoms with Crippen molar-refractivity contribution in [3.05, 3.63) is 36.0 Å². The first kappa shape index (κ1) is 74.6. The fourth-order valence-corrected chi connectivity index (χ4v) is 16.7. The number of hydrogen-bond donors (Lipinski definition) is 13. The predicted molar refractivity (Wildman–Crippen MR) is 356 cm³/mol. The quantitative estimate of drug-likeness (QED) is 0.104. The number of fused-ring (bicyclic) bond motifs is 12. The first-order valence-corrected chi connectivity index (χ1v) is 37.3. The average Bonchev–Trinajstić information content (AvgIpc) is 1.64. The lowest BCUT2D eigenvalue weighted by atomic mass is 9.96. The molecule has 0 spiro atoms. The van der Waals surface area contributed by atoms with Gasteiger partial charge in [-0.3, -0.25) is 57.5 Å². The number of aromatic nitrogens is 1. The van der Waals surface area contributed by atoms with Crippen LogP contribution >= 0.6 is 43.2 Å². The molecule has 94 heavy (non-hydrogen) atoms. The van der Waals surface area contributed by atoms with E-state index >= 15 is 14.4 Å². The first-order valence-electron chi connectivity index (χ1n) is 32.3. The van der Waals surface area contributed by atoms with Gasteiger partial charge in [0.15, 0.2) is 0 Å². The summed E-state index contributed by atoms with van der Waals surface area (Å²) >= 11 is 0. The molecule has 2 bridgehead atoms. The number of carboxylic acids is 1. The van der Waals surface area contributed by atoms with Crippen LogP contribution in [0.15, 0.2) is 30.5 Å². The number of unbranched alkanes of at least 4 members (excludes halogenated alkanes) is 2. The summed E-state index contributed by atoms with van der Waals surface area (Å²) in [6.45, 7) is 6.02. The van der Waals surface area contributed by atoms with Crippen LogP contribution in [0.4, 0.5) is 0 Å². The van der Waals surface area contributed by atoms with E-state index in [1.165, 1.54) is 14.7 Å². The summed E-state index contributed by atoms with van der Waals surface area (Å²) in [5, 5.41) is 46.1. The van der Waals surface area contributed by atoms with Crippen molar-refractivity contribution in [1.29, 1.82) is 0 Å². The van der Waals surface area contributed by atoms with Crippen molar-refractivity contribution in [2.75, 3.05) is 55.8 Å². The Morgan fingerprint density at radius 1 is 0.585 bits per heavy atom. The highest BCUT2D eigenvalue weighted by Crippen LogP contribution is 2.30. The number of rotatable bonds is 14. The van der Waals surface area contributed by atoms with Gasteiger partial charge in [-0.05, 0) is 68.9 Å². The highest BCUT2D eigenvalue weighted by atomic mass is 33.1. The third-order valence-electron chi connectivity index (χ3n) is 17.6. The lowest BCUT2D eigenvalue weighted by molar-refractivity contribution is -0.148. The van der Waals surface area contributed by atoms with E-state index in [0.29, 0.717) is 56.9 Å². The smallest absolute Gasteiger partial charge is 0.327 e. The van der Waals surface area contributed by atoms with Crippen molar-refractivity contribution in [1.82, 2.24) is 67.5 Å². The Morgan fingerprint density at radius 2 is 1.09 bits per heavy atom. The van der Waals surface area contributed by atoms with Crippen molar-refractivity contribution >= 4 is 131 Å². The number of carboxylic acid groups (broad SMARTS) is 1. The monoisotopic (exact) mass is 1390 g/mol. The molecule has 7 rings (SSSR count). The van der Waals surface area contributed by atoms with Gasteiger partial charge in [0.25, 0.3) is 0 Å². The number of para-hydroxylation sites is 1. The summed E-state index contributed by atoms with van der Waals surface area (Å²) in [6.07, 6.45) is 5.88. The molecule has 2 aromatic rings. The number of nitrogens with zero attached hydrogens (tertiary/aromatic N) is 3. The van der Waals surface area contributed by atoms with Crippen molar-refractivity contribution < 1.29 is 72.5 Å². The second kappa shape index (κ2) is 36.3. The topological polar surface area (TPSA) is 422 Å². The Morgan fingerprint density at radius 3 is 1.66 bits per heavy atom. The number of nitrogens with one attached hydrogen (secondary N) is 10. The largest absolute Gasteiger partial charge is 0.480 e. The van der Waals surface area contributed by atoms with Crippen LogP contribution in [0.2, 0.25) is 0 Å². The van der Waals surface area contributed by atoms with Crippen molar-refractivity contribution in [3.63, 3.8) is 0 Å². The van der Waals surface area contributed by atoms with Gasteiger partial charge in [0.05, 0.1) is 13.2 Å². The highest BCUT2D eigenvalue weighted by Gasteiger charge is 2.46. The lowest BCUT2D eigenvalue weighted by Gasteiger charge is -2.34. The van der Waals surface area contributed by atoms with E-state index in [2.05, 4.69) is 52.8 Å². The first-order chi connectivity index (χ1) is 45.1. The molecule has 5 fully saturated rings. The van der Waals surface area contributed by atoms with E-state index in [-0.39, 0.29) is 81.2 Å². The number of nitrogens with two attached hydrogens (primary N) is 1. The molecule has 5 aliphatic heterocycles. The maximum atomic E-state index is 15.1. The summed E-state index contributed by atoms with van der Waals surface area (Å²) in [5.41, 5.74) is 7.07. The Bertz CT molecular complexity index is 3070. The minimum atomic E-state index is -1.72. The third-order valence-corrected chi connectivity index (χ3v) is 22.4. The van der Waals surface area contributed by atoms with E-state index in [0.717, 1.165) is 54.1 Å². The van der Waals surface area contributed by atoms with E-state index in [4.69, 9.17) is 5.73 Å². The number of carbonyl (C=O) groups excluding carboxylic acids is 12. The van der Waals surface area contributed by atoms with Gasteiger partial charge in [-0.1, -0.05) is 121 Å². The fraction of sp³-hybridized carbons (Fsp3) is 0.656. The molecule has 1 aromatic carbocycles. The van der Waals surface area contributed by atoms with Gasteiger partial charge < -0.3 is 83.5 Å². The van der Waals surface area contributed by atoms with Crippen LogP contribution in [0, 0.1) is 5.92 Å². The van der Waals surface area contributed by atoms with E-state index in [9.17, 15) is 58.2 Å². The third kappa shape index (κ3) is 19.7. The van der Waals surface area contributed by atoms with E-state index in [1.54, 1.807) is 20.0 Å². The van der Waals surface area contributed by atoms with Gasteiger partial charge in [0.2, 0.25) is 70.9 Å². The van der Waals surface area contributed by atoms with Gasteiger partial charge in [0.1, 0.15) is 72.5 Å². The van der Waals surface area contributed by atoms with Crippen molar-refractivity contribution in [2.24, 2.45) is 11.7 Å². The van der Waals surface area contributed by atoms with Gasteiger partial charge in [-0.2, -0.15) is 0 Å². The SMILES string of the molecule is CCCC[C@@H]1NC(=O)[C@H](Cc2c[nH]c3ccccc23)NC(=O)[C@H]([C@H](C)CC)NC(=O)[C@@H]2CSSC[C@H](NC(=O)CN)C(=O)N[C@@H](CSSC[C@@H](C(=O)O)NC(=O)[C@@H]3CCCN3C1=O)C(=O)N[C@@H](CO)C(=O)N[C@@H](CCCC)C(=O)N1CCC[C@H]1C(=O)N1CCC[C@H]1C(=O)N2. The molecule has 33 heteroatoms.